The van der Waals surface area contributed by atoms with Crippen molar-refractivity contribution in [3.05, 3.63) is 137 Å². The average molecular weight is 848 g/mol. The van der Waals surface area contributed by atoms with E-state index in [9.17, 15) is 13.5 Å². The molecule has 15 heteroatoms. The molecule has 1 aliphatic rings. The van der Waals surface area contributed by atoms with Crippen LogP contribution in [0.1, 0.15) is 35.6 Å². The Morgan fingerprint density at radius 1 is 0.850 bits per heavy atom. The van der Waals surface area contributed by atoms with Gasteiger partial charge in [-0.1, -0.05) is 73.1 Å². The molecule has 1 fully saturated rings. The fourth-order valence-corrected chi connectivity index (χ4v) is 8.35. The average Bonchev–Trinajstić information content (AvgIpc) is 3.79. The van der Waals surface area contributed by atoms with Crippen LogP contribution in [0, 0.1) is 0 Å². The SMILES string of the molecule is CCNCc1cccc(-c2nc(NCCc3ccc(O)c(Cl)c3)ncc2Oc2ccc(CCNc3nccc(-c4cccc(CN(C5CCNC5)S(C)(=O)=O)c4)n3)cc2)c1. The minimum Gasteiger partial charge on any atom is -0.506 e. The molecule has 2 aromatic heterocycles. The summed E-state index contributed by atoms with van der Waals surface area (Å²) in [5.74, 6) is 2.23. The number of nitrogens with one attached hydrogen (secondary N) is 4. The molecule has 1 unspecified atom stereocenters. The highest BCUT2D eigenvalue weighted by Crippen LogP contribution is 2.33. The highest BCUT2D eigenvalue weighted by atomic mass is 35.5. The number of anilines is 2. The number of sulfonamides is 1. The molecule has 13 nitrogen and oxygen atoms in total. The van der Waals surface area contributed by atoms with Gasteiger partial charge < -0.3 is 31.1 Å². The maximum atomic E-state index is 12.6. The lowest BCUT2D eigenvalue weighted by atomic mass is 10.1. The summed E-state index contributed by atoms with van der Waals surface area (Å²) >= 11 is 6.10. The molecule has 0 amide bonds. The number of hydrogen-bond donors (Lipinski definition) is 5. The van der Waals surface area contributed by atoms with Crippen molar-refractivity contribution in [3.8, 4) is 39.8 Å². The van der Waals surface area contributed by atoms with E-state index in [1.807, 2.05) is 72.8 Å². The van der Waals surface area contributed by atoms with Gasteiger partial charge in [0.1, 0.15) is 17.2 Å². The lowest BCUT2D eigenvalue weighted by Crippen LogP contribution is -2.40. The second-order valence-corrected chi connectivity index (χ2v) is 17.0. The van der Waals surface area contributed by atoms with Crippen LogP contribution in [-0.2, 0) is 36.0 Å². The second-order valence-electron chi connectivity index (χ2n) is 14.7. The molecule has 0 bridgehead atoms. The lowest BCUT2D eigenvalue weighted by molar-refractivity contribution is 0.331. The van der Waals surface area contributed by atoms with Gasteiger partial charge in [-0.05, 0) is 97.1 Å². The summed E-state index contributed by atoms with van der Waals surface area (Å²) in [4.78, 5) is 18.7. The third-order valence-corrected chi connectivity index (χ3v) is 11.8. The Morgan fingerprint density at radius 2 is 1.57 bits per heavy atom. The fraction of sp³-hybridized carbons (Fsp3) is 0.289. The summed E-state index contributed by atoms with van der Waals surface area (Å²) in [6.45, 7) is 6.64. The lowest BCUT2D eigenvalue weighted by Gasteiger charge is -2.26. The first-order valence-electron chi connectivity index (χ1n) is 20.1. The van der Waals surface area contributed by atoms with Gasteiger partial charge in [-0.2, -0.15) is 4.31 Å². The number of ether oxygens (including phenoxy) is 1. The van der Waals surface area contributed by atoms with E-state index in [4.69, 9.17) is 26.3 Å². The van der Waals surface area contributed by atoms with Crippen LogP contribution in [0.15, 0.2) is 109 Å². The number of aromatic nitrogens is 4. The maximum absolute atomic E-state index is 12.6. The Morgan fingerprint density at radius 3 is 2.30 bits per heavy atom. The summed E-state index contributed by atoms with van der Waals surface area (Å²) in [6, 6.07) is 31.0. The van der Waals surface area contributed by atoms with E-state index in [0.717, 1.165) is 71.6 Å². The van der Waals surface area contributed by atoms with Crippen LogP contribution in [0.25, 0.3) is 22.5 Å². The van der Waals surface area contributed by atoms with Gasteiger partial charge in [0, 0.05) is 56.1 Å². The van der Waals surface area contributed by atoms with Crippen LogP contribution < -0.4 is 26.0 Å². The molecule has 5 N–H and O–H groups in total. The number of benzene rings is 4. The van der Waals surface area contributed by atoms with Gasteiger partial charge in [-0.15, -0.1) is 0 Å². The summed E-state index contributed by atoms with van der Waals surface area (Å²) in [7, 11) is -3.38. The first-order valence-corrected chi connectivity index (χ1v) is 22.3. The first kappa shape index (κ1) is 42.5. The zero-order valence-corrected chi connectivity index (χ0v) is 35.3. The normalized spacial score (nSPS) is 14.0. The smallest absolute Gasteiger partial charge is 0.223 e. The second kappa shape index (κ2) is 20.1. The van der Waals surface area contributed by atoms with Crippen LogP contribution in [0.2, 0.25) is 5.02 Å². The molecule has 6 aromatic rings. The summed E-state index contributed by atoms with van der Waals surface area (Å²) < 4.78 is 33.3. The van der Waals surface area contributed by atoms with Crippen molar-refractivity contribution in [1.29, 1.82) is 0 Å². The zero-order valence-electron chi connectivity index (χ0n) is 33.7. The van der Waals surface area contributed by atoms with Crippen molar-refractivity contribution in [3.63, 3.8) is 0 Å². The van der Waals surface area contributed by atoms with Crippen LogP contribution in [-0.4, -0.2) is 82.8 Å². The molecular weight excluding hydrogens is 798 g/mol. The number of phenolic OH excluding ortho intramolecular Hbond substituents is 1. The fourth-order valence-electron chi connectivity index (χ4n) is 7.05. The van der Waals surface area contributed by atoms with E-state index < -0.39 is 10.0 Å². The van der Waals surface area contributed by atoms with E-state index in [-0.39, 0.29) is 11.8 Å². The van der Waals surface area contributed by atoms with E-state index in [2.05, 4.69) is 50.3 Å². The van der Waals surface area contributed by atoms with E-state index in [1.54, 1.807) is 28.8 Å². The topological polar surface area (TPSA) is 167 Å². The standard InChI is InChI=1S/C45H50ClN9O4S/c1-3-47-27-33-6-4-9-36(24-33)43-42(29-52-45(54-43)50-22-17-32-12-15-41(56)39(46)26-32)59-38-13-10-31(11-14-38)16-21-49-44-51-23-19-40(53-44)35-8-5-7-34(25-35)30-55(60(2,57)58)37-18-20-48-28-37/h4-15,19,23-26,29,37,47-48,56H,3,16-18,20-22,27-28,30H2,1-2H3,(H,49,51,53)(H,50,52,54). The molecule has 1 saturated heterocycles. The third kappa shape index (κ3) is 11.5. The van der Waals surface area contributed by atoms with E-state index >= 15 is 0 Å². The molecule has 0 spiro atoms. The molecule has 0 radical (unpaired) electrons. The van der Waals surface area contributed by atoms with Crippen molar-refractivity contribution >= 4 is 33.5 Å². The molecule has 3 heterocycles. The van der Waals surface area contributed by atoms with Gasteiger partial charge in [-0.25, -0.2) is 28.4 Å². The Kier molecular flexibility index (Phi) is 14.2. The largest absolute Gasteiger partial charge is 0.506 e. The highest BCUT2D eigenvalue weighted by Gasteiger charge is 2.29. The Balaban J connectivity index is 0.981. The van der Waals surface area contributed by atoms with Crippen LogP contribution in [0.5, 0.6) is 17.2 Å². The minimum absolute atomic E-state index is 0.0526. The number of halogens is 1. The summed E-state index contributed by atoms with van der Waals surface area (Å²) in [5, 5.41) is 23.4. The number of aromatic hydroxyl groups is 1. The predicted octanol–water partition coefficient (Wildman–Crippen LogP) is 7.29. The monoisotopic (exact) mass is 847 g/mol. The van der Waals surface area contributed by atoms with Gasteiger partial charge in [-0.3, -0.25) is 0 Å². The number of phenols is 1. The molecule has 7 rings (SSSR count). The van der Waals surface area contributed by atoms with Gasteiger partial charge in [0.2, 0.25) is 21.9 Å². The molecule has 1 aliphatic heterocycles. The zero-order chi connectivity index (χ0) is 41.9. The van der Waals surface area contributed by atoms with Gasteiger partial charge >= 0.3 is 0 Å². The maximum Gasteiger partial charge on any atom is 0.223 e. The molecule has 0 aliphatic carbocycles. The molecular formula is C45H50ClN9O4S. The van der Waals surface area contributed by atoms with Crippen molar-refractivity contribution in [2.75, 3.05) is 49.6 Å². The van der Waals surface area contributed by atoms with E-state index in [0.29, 0.717) is 66.7 Å². The van der Waals surface area contributed by atoms with Crippen LogP contribution >= 0.6 is 11.6 Å². The number of rotatable bonds is 19. The predicted molar refractivity (Wildman–Crippen MR) is 238 cm³/mol. The Hall–Kier alpha value is -5.64. The first-order chi connectivity index (χ1) is 29.1. The third-order valence-electron chi connectivity index (χ3n) is 10.2. The number of hydrogen-bond acceptors (Lipinski definition) is 12. The van der Waals surface area contributed by atoms with Crippen molar-refractivity contribution in [1.82, 2.24) is 34.9 Å². The summed E-state index contributed by atoms with van der Waals surface area (Å²) in [6.07, 6.45) is 6.88. The molecule has 1 atom stereocenters. The molecule has 4 aromatic carbocycles. The minimum atomic E-state index is -3.38. The van der Waals surface area contributed by atoms with Gasteiger partial charge in [0.15, 0.2) is 5.75 Å². The van der Waals surface area contributed by atoms with Crippen LogP contribution in [0.3, 0.4) is 0 Å². The van der Waals surface area contributed by atoms with Gasteiger partial charge in [0.05, 0.1) is 23.2 Å². The quantitative estimate of drug-likeness (QED) is 0.0554. The summed E-state index contributed by atoms with van der Waals surface area (Å²) in [5.41, 5.74) is 7.34. The number of nitrogens with zero attached hydrogens (tertiary/aromatic N) is 5. The molecule has 312 valence electrons. The van der Waals surface area contributed by atoms with Crippen molar-refractivity contribution < 1.29 is 18.3 Å². The van der Waals surface area contributed by atoms with Crippen molar-refractivity contribution in [2.24, 2.45) is 0 Å². The van der Waals surface area contributed by atoms with E-state index in [1.165, 1.54) is 6.26 Å². The molecule has 0 saturated carbocycles. The highest BCUT2D eigenvalue weighted by molar-refractivity contribution is 7.88. The Bertz CT molecular complexity index is 2480. The van der Waals surface area contributed by atoms with Gasteiger partial charge in [0.25, 0.3) is 0 Å². The van der Waals surface area contributed by atoms with Crippen molar-refractivity contribution in [2.45, 2.75) is 45.3 Å². The van der Waals surface area contributed by atoms with Crippen LogP contribution in [0.4, 0.5) is 11.9 Å². The Labute approximate surface area is 356 Å². The molecule has 60 heavy (non-hydrogen) atoms.